The molecule has 2 aromatic rings. The van der Waals surface area contributed by atoms with Crippen molar-refractivity contribution in [3.8, 4) is 0 Å². The summed E-state index contributed by atoms with van der Waals surface area (Å²) in [7, 11) is 2.04. The second-order valence-electron chi connectivity index (χ2n) is 9.77. The number of likely N-dealkylation sites (tertiary alicyclic amines) is 2. The highest BCUT2D eigenvalue weighted by Gasteiger charge is 2.30. The fourth-order valence-electron chi connectivity index (χ4n) is 5.87. The Hall–Kier alpha value is -2.18. The zero-order valence-electron chi connectivity index (χ0n) is 19.2. The normalized spacial score (nSPS) is 21.0. The second-order valence-corrected chi connectivity index (χ2v) is 9.77. The highest BCUT2D eigenvalue weighted by Crippen LogP contribution is 2.26. The minimum Gasteiger partial charge on any atom is -0.343 e. The van der Waals surface area contributed by atoms with Gasteiger partial charge in [0.25, 0.3) is 5.91 Å². The number of benzene rings is 1. The van der Waals surface area contributed by atoms with Crippen molar-refractivity contribution < 1.29 is 9.18 Å². The largest absolute Gasteiger partial charge is 0.343 e. The van der Waals surface area contributed by atoms with Crippen LogP contribution in [-0.2, 0) is 26.6 Å². The molecule has 3 aliphatic rings. The molecule has 1 amide bonds. The van der Waals surface area contributed by atoms with E-state index < -0.39 is 0 Å². The average molecular weight is 439 g/mol. The first-order valence-corrected chi connectivity index (χ1v) is 12.3. The Morgan fingerprint density at radius 1 is 1.03 bits per heavy atom. The van der Waals surface area contributed by atoms with E-state index in [0.717, 1.165) is 63.2 Å². The van der Waals surface area contributed by atoms with E-state index in [-0.39, 0.29) is 11.7 Å². The minimum absolute atomic E-state index is 0.177. The van der Waals surface area contributed by atoms with Gasteiger partial charge in [-0.05, 0) is 68.1 Å². The van der Waals surface area contributed by atoms with Gasteiger partial charge >= 0.3 is 0 Å². The summed E-state index contributed by atoms with van der Waals surface area (Å²) in [6.07, 6.45) is 7.13. The molecule has 5 rings (SSSR count). The molecule has 5 nitrogen and oxygen atoms in total. The number of carbonyl (C=O) groups excluding carboxylic acids is 1. The molecule has 0 unspecified atom stereocenters. The lowest BCUT2D eigenvalue weighted by Gasteiger charge is -2.40. The SMILES string of the molecule is Cn1c(C(=O)N2CCC(N3CCCCC3)CC2)cc2c1CCN(Cc1cccc(F)c1)C2. The first-order valence-electron chi connectivity index (χ1n) is 12.3. The molecule has 2 fully saturated rings. The van der Waals surface area contributed by atoms with Crippen LogP contribution in [0.5, 0.6) is 0 Å². The van der Waals surface area contributed by atoms with Crippen molar-refractivity contribution in [3.05, 3.63) is 58.7 Å². The van der Waals surface area contributed by atoms with Crippen LogP contribution in [0.1, 0.15) is 59.4 Å². The van der Waals surface area contributed by atoms with Gasteiger partial charge in [-0.3, -0.25) is 9.69 Å². The summed E-state index contributed by atoms with van der Waals surface area (Å²) in [4.78, 5) is 20.4. The van der Waals surface area contributed by atoms with Crippen LogP contribution >= 0.6 is 0 Å². The van der Waals surface area contributed by atoms with Crippen LogP contribution in [0.15, 0.2) is 30.3 Å². The van der Waals surface area contributed by atoms with Gasteiger partial charge in [0.05, 0.1) is 0 Å². The second kappa shape index (κ2) is 9.36. The van der Waals surface area contributed by atoms with Crippen LogP contribution in [0.2, 0.25) is 0 Å². The third-order valence-corrected chi connectivity index (χ3v) is 7.68. The van der Waals surface area contributed by atoms with E-state index in [1.165, 1.54) is 49.7 Å². The molecule has 0 aliphatic carbocycles. The van der Waals surface area contributed by atoms with E-state index in [1.807, 2.05) is 13.1 Å². The molecule has 32 heavy (non-hydrogen) atoms. The van der Waals surface area contributed by atoms with E-state index in [9.17, 15) is 9.18 Å². The van der Waals surface area contributed by atoms with Crippen molar-refractivity contribution in [2.24, 2.45) is 7.05 Å². The van der Waals surface area contributed by atoms with Crippen LogP contribution in [0.4, 0.5) is 4.39 Å². The zero-order chi connectivity index (χ0) is 22.1. The molecular weight excluding hydrogens is 403 g/mol. The third-order valence-electron chi connectivity index (χ3n) is 7.68. The summed E-state index contributed by atoms with van der Waals surface area (Å²) >= 11 is 0. The number of aromatic nitrogens is 1. The lowest BCUT2D eigenvalue weighted by Crippen LogP contribution is -2.48. The molecule has 6 heteroatoms. The molecule has 0 radical (unpaired) electrons. The minimum atomic E-state index is -0.183. The number of carbonyl (C=O) groups is 1. The van der Waals surface area contributed by atoms with Crippen molar-refractivity contribution in [3.63, 3.8) is 0 Å². The van der Waals surface area contributed by atoms with Gasteiger partial charge in [-0.15, -0.1) is 0 Å². The zero-order valence-corrected chi connectivity index (χ0v) is 19.2. The predicted octanol–water partition coefficient (Wildman–Crippen LogP) is 3.81. The molecule has 0 spiro atoms. The lowest BCUT2D eigenvalue weighted by atomic mass is 9.99. The fourth-order valence-corrected chi connectivity index (χ4v) is 5.87. The van der Waals surface area contributed by atoms with Crippen LogP contribution in [0.3, 0.4) is 0 Å². The van der Waals surface area contributed by atoms with Crippen LogP contribution < -0.4 is 0 Å². The van der Waals surface area contributed by atoms with Crippen molar-refractivity contribution in [1.29, 1.82) is 0 Å². The maximum absolute atomic E-state index is 13.5. The van der Waals surface area contributed by atoms with Gasteiger partial charge in [0.1, 0.15) is 11.5 Å². The number of hydrogen-bond donors (Lipinski definition) is 0. The van der Waals surface area contributed by atoms with Crippen molar-refractivity contribution in [1.82, 2.24) is 19.3 Å². The molecule has 4 heterocycles. The van der Waals surface area contributed by atoms with Gasteiger partial charge in [0.15, 0.2) is 0 Å². The summed E-state index contributed by atoms with van der Waals surface area (Å²) in [5, 5.41) is 0. The van der Waals surface area contributed by atoms with E-state index >= 15 is 0 Å². The van der Waals surface area contributed by atoms with E-state index in [4.69, 9.17) is 0 Å². The summed E-state index contributed by atoms with van der Waals surface area (Å²) in [6.45, 7) is 6.66. The number of hydrogen-bond acceptors (Lipinski definition) is 3. The van der Waals surface area contributed by atoms with Crippen LogP contribution in [-0.4, -0.2) is 63.9 Å². The van der Waals surface area contributed by atoms with Gasteiger partial charge in [-0.25, -0.2) is 4.39 Å². The number of rotatable bonds is 4. The Kier molecular flexibility index (Phi) is 6.33. The Balaban J connectivity index is 1.22. The molecule has 3 aliphatic heterocycles. The quantitative estimate of drug-likeness (QED) is 0.728. The molecule has 2 saturated heterocycles. The summed E-state index contributed by atoms with van der Waals surface area (Å²) in [5.74, 6) is -0.00692. The van der Waals surface area contributed by atoms with Crippen molar-refractivity contribution in [2.75, 3.05) is 32.7 Å². The number of halogens is 1. The maximum Gasteiger partial charge on any atom is 0.270 e. The molecule has 172 valence electrons. The number of piperidine rings is 2. The number of nitrogens with zero attached hydrogens (tertiary/aromatic N) is 4. The molecular formula is C26H35FN4O. The highest BCUT2D eigenvalue weighted by atomic mass is 19.1. The average Bonchev–Trinajstić information content (AvgIpc) is 3.15. The molecule has 0 saturated carbocycles. The standard InChI is InChI=1S/C26H35FN4O/c1-28-24-10-13-29(18-20-6-5-7-22(27)16-20)19-21(24)17-25(28)26(32)31-14-8-23(9-15-31)30-11-3-2-4-12-30/h5-7,16-17,23H,2-4,8-15,18-19H2,1H3. The van der Waals surface area contributed by atoms with Gasteiger partial charge in [0, 0.05) is 57.9 Å². The molecule has 1 aromatic carbocycles. The van der Waals surface area contributed by atoms with Crippen LogP contribution in [0.25, 0.3) is 0 Å². The first kappa shape index (κ1) is 21.7. The van der Waals surface area contributed by atoms with E-state index in [1.54, 1.807) is 12.1 Å². The smallest absolute Gasteiger partial charge is 0.270 e. The van der Waals surface area contributed by atoms with E-state index in [2.05, 4.69) is 25.3 Å². The lowest BCUT2D eigenvalue weighted by molar-refractivity contribution is 0.0581. The molecule has 0 N–H and O–H groups in total. The first-order chi connectivity index (χ1) is 15.6. The Morgan fingerprint density at radius 2 is 1.81 bits per heavy atom. The van der Waals surface area contributed by atoms with Gasteiger partial charge < -0.3 is 14.4 Å². The van der Waals surface area contributed by atoms with E-state index in [0.29, 0.717) is 6.04 Å². The third kappa shape index (κ3) is 4.48. The molecule has 0 bridgehead atoms. The van der Waals surface area contributed by atoms with Gasteiger partial charge in [0.2, 0.25) is 0 Å². The van der Waals surface area contributed by atoms with Crippen molar-refractivity contribution >= 4 is 5.91 Å². The number of amides is 1. The summed E-state index contributed by atoms with van der Waals surface area (Å²) in [6, 6.07) is 9.61. The number of fused-ring (bicyclic) bond motifs is 1. The van der Waals surface area contributed by atoms with Crippen LogP contribution in [0, 0.1) is 5.82 Å². The highest BCUT2D eigenvalue weighted by molar-refractivity contribution is 5.93. The molecule has 0 atom stereocenters. The van der Waals surface area contributed by atoms with Gasteiger partial charge in [-0.1, -0.05) is 18.6 Å². The van der Waals surface area contributed by atoms with Crippen molar-refractivity contribution in [2.45, 2.75) is 57.7 Å². The Morgan fingerprint density at radius 3 is 2.56 bits per heavy atom. The topological polar surface area (TPSA) is 31.7 Å². The molecule has 1 aromatic heterocycles. The Bertz CT molecular complexity index is 957. The monoisotopic (exact) mass is 438 g/mol. The summed E-state index contributed by atoms with van der Waals surface area (Å²) in [5.41, 5.74) is 4.32. The fraction of sp³-hybridized carbons (Fsp3) is 0.577. The predicted molar refractivity (Wildman–Crippen MR) is 124 cm³/mol. The maximum atomic E-state index is 13.5. The van der Waals surface area contributed by atoms with Gasteiger partial charge in [-0.2, -0.15) is 0 Å². The summed E-state index contributed by atoms with van der Waals surface area (Å²) < 4.78 is 15.7. The Labute approximate surface area is 190 Å².